The lowest BCUT2D eigenvalue weighted by molar-refractivity contribution is -0.118. The van der Waals surface area contributed by atoms with E-state index in [1.54, 1.807) is 23.5 Å². The molecule has 1 aliphatic carbocycles. The van der Waals surface area contributed by atoms with Crippen molar-refractivity contribution in [3.05, 3.63) is 112 Å². The standard InChI is InChI=1S/C44H53ClN4O5S/c1-30(2)54-42-28-40-34(26-41(42)53-5)27-43(50)49(44(40)33-10-12-35(45)13-11-33)38-18-16-36(17-19-38)46(4)29-32-8-14-37(15-9-32)47-22-24-48(25-23-47)55(51,52)39-20-6-31(3)7-21-39/h6-7,10-13,16-21,26,28,30,32,37,44H,8-9,14-15,22-25,27,29H2,1-5H3/t32?,37?,44-/m0/s1. The van der Waals surface area contributed by atoms with Crippen LogP contribution in [0.3, 0.4) is 0 Å². The summed E-state index contributed by atoms with van der Waals surface area (Å²) < 4.78 is 39.9. The number of carbonyl (C=O) groups excluding carboxylic acids is 1. The maximum Gasteiger partial charge on any atom is 0.243 e. The zero-order valence-corrected chi connectivity index (χ0v) is 34.2. The van der Waals surface area contributed by atoms with Crippen LogP contribution in [0.1, 0.15) is 67.8 Å². The smallest absolute Gasteiger partial charge is 0.243 e. The van der Waals surface area contributed by atoms with Gasteiger partial charge in [-0.2, -0.15) is 4.31 Å². The first-order valence-corrected chi connectivity index (χ1v) is 21.3. The summed E-state index contributed by atoms with van der Waals surface area (Å²) in [5, 5.41) is 0.641. The van der Waals surface area contributed by atoms with Crippen molar-refractivity contribution in [2.24, 2.45) is 5.92 Å². The number of hydrogen-bond acceptors (Lipinski definition) is 7. The van der Waals surface area contributed by atoms with Gasteiger partial charge in [-0.15, -0.1) is 0 Å². The summed E-state index contributed by atoms with van der Waals surface area (Å²) in [4.78, 5) is 21.1. The lowest BCUT2D eigenvalue weighted by atomic mass is 9.84. The molecule has 0 N–H and O–H groups in total. The lowest BCUT2D eigenvalue weighted by Crippen LogP contribution is -2.52. The Morgan fingerprint density at radius 3 is 2.13 bits per heavy atom. The van der Waals surface area contributed by atoms with Crippen molar-refractivity contribution in [3.8, 4) is 11.5 Å². The number of carbonyl (C=O) groups is 1. The van der Waals surface area contributed by atoms with Crippen molar-refractivity contribution in [3.63, 3.8) is 0 Å². The van der Waals surface area contributed by atoms with E-state index in [4.69, 9.17) is 21.1 Å². The fourth-order valence-electron chi connectivity index (χ4n) is 8.55. The van der Waals surface area contributed by atoms with Crippen LogP contribution >= 0.6 is 11.6 Å². The number of fused-ring (bicyclic) bond motifs is 1. The van der Waals surface area contributed by atoms with E-state index in [9.17, 15) is 13.2 Å². The largest absolute Gasteiger partial charge is 0.493 e. The van der Waals surface area contributed by atoms with E-state index in [1.165, 1.54) is 0 Å². The van der Waals surface area contributed by atoms with Crippen LogP contribution in [0.5, 0.6) is 11.5 Å². The Bertz CT molecular complexity index is 2060. The van der Waals surface area contributed by atoms with Gasteiger partial charge in [-0.25, -0.2) is 8.42 Å². The highest BCUT2D eigenvalue weighted by Crippen LogP contribution is 2.44. The minimum atomic E-state index is -3.46. The minimum absolute atomic E-state index is 0.0131. The molecular weight excluding hydrogens is 732 g/mol. The average Bonchev–Trinajstić information content (AvgIpc) is 3.18. The number of methoxy groups -OCH3 is 1. The van der Waals surface area contributed by atoms with Crippen molar-refractivity contribution in [1.29, 1.82) is 0 Å². The molecule has 9 nitrogen and oxygen atoms in total. The summed E-state index contributed by atoms with van der Waals surface area (Å²) >= 11 is 6.31. The van der Waals surface area contributed by atoms with E-state index in [-0.39, 0.29) is 24.5 Å². The molecule has 2 aliphatic heterocycles. The van der Waals surface area contributed by atoms with Crippen LogP contribution in [0.15, 0.2) is 89.8 Å². The third-order valence-corrected chi connectivity index (χ3v) is 13.7. The number of aryl methyl sites for hydroxylation is 1. The zero-order valence-electron chi connectivity index (χ0n) is 32.6. The molecule has 4 aromatic rings. The van der Waals surface area contributed by atoms with Crippen molar-refractivity contribution in [2.45, 2.75) is 76.0 Å². The molecular formula is C44H53ClN4O5S. The summed E-state index contributed by atoms with van der Waals surface area (Å²) in [6, 6.07) is 27.3. The molecule has 0 bridgehead atoms. The van der Waals surface area contributed by atoms with Crippen LogP contribution in [0.4, 0.5) is 11.4 Å². The van der Waals surface area contributed by atoms with Gasteiger partial charge >= 0.3 is 0 Å². The Labute approximate surface area is 331 Å². The van der Waals surface area contributed by atoms with Crippen molar-refractivity contribution in [2.75, 3.05) is 56.7 Å². The van der Waals surface area contributed by atoms with E-state index in [0.717, 1.165) is 78.9 Å². The number of halogens is 1. The monoisotopic (exact) mass is 784 g/mol. The molecule has 55 heavy (non-hydrogen) atoms. The van der Waals surface area contributed by atoms with E-state index >= 15 is 0 Å². The Kier molecular flexibility index (Phi) is 11.8. The molecule has 4 aromatic carbocycles. The van der Waals surface area contributed by atoms with Crippen molar-refractivity contribution in [1.82, 2.24) is 9.21 Å². The maximum absolute atomic E-state index is 14.0. The predicted octanol–water partition coefficient (Wildman–Crippen LogP) is 8.12. The van der Waals surface area contributed by atoms with Gasteiger partial charge in [-0.3, -0.25) is 9.69 Å². The van der Waals surface area contributed by atoms with Gasteiger partial charge in [0.05, 0.1) is 30.6 Å². The first-order valence-electron chi connectivity index (χ1n) is 19.5. The maximum atomic E-state index is 14.0. The van der Waals surface area contributed by atoms with Crippen molar-refractivity contribution < 1.29 is 22.7 Å². The van der Waals surface area contributed by atoms with Gasteiger partial charge < -0.3 is 19.3 Å². The number of hydrogen-bond donors (Lipinski definition) is 0. The molecule has 2 fully saturated rings. The van der Waals surface area contributed by atoms with Crippen LogP contribution in [-0.2, 0) is 21.2 Å². The highest BCUT2D eigenvalue weighted by Gasteiger charge is 2.37. The molecule has 1 saturated carbocycles. The molecule has 0 unspecified atom stereocenters. The quantitative estimate of drug-likeness (QED) is 0.152. The molecule has 292 valence electrons. The molecule has 1 amide bonds. The normalized spacial score (nSPS) is 21.0. The second-order valence-corrected chi connectivity index (χ2v) is 18.0. The topological polar surface area (TPSA) is 82.6 Å². The van der Waals surface area contributed by atoms with Crippen LogP contribution in [-0.4, -0.2) is 82.6 Å². The highest BCUT2D eigenvalue weighted by atomic mass is 35.5. The Hall–Kier alpha value is -4.09. The second kappa shape index (κ2) is 16.6. The SMILES string of the molecule is COc1cc2c(cc1OC(C)C)[C@H](c1ccc(Cl)cc1)N(c1ccc(N(C)CC3CCC(N4CCN(S(=O)(=O)c5ccc(C)cc5)CC4)CC3)cc1)C(=O)C2. The number of piperazine rings is 1. The highest BCUT2D eigenvalue weighted by molar-refractivity contribution is 7.89. The van der Waals surface area contributed by atoms with E-state index in [1.807, 2.05) is 74.2 Å². The second-order valence-electron chi connectivity index (χ2n) is 15.6. The molecule has 0 aromatic heterocycles. The lowest BCUT2D eigenvalue weighted by Gasteiger charge is -2.42. The molecule has 2 heterocycles. The van der Waals surface area contributed by atoms with Crippen LogP contribution in [0.2, 0.25) is 5.02 Å². The summed E-state index contributed by atoms with van der Waals surface area (Å²) in [6.07, 6.45) is 4.76. The fourth-order valence-corrected chi connectivity index (χ4v) is 10.1. The van der Waals surface area contributed by atoms with Crippen LogP contribution < -0.4 is 19.3 Å². The van der Waals surface area contributed by atoms with Crippen LogP contribution in [0, 0.1) is 12.8 Å². The number of sulfonamides is 1. The number of rotatable bonds is 11. The molecule has 1 saturated heterocycles. The van der Waals surface area contributed by atoms with E-state index in [2.05, 4.69) is 41.1 Å². The Morgan fingerprint density at radius 1 is 0.855 bits per heavy atom. The summed E-state index contributed by atoms with van der Waals surface area (Å²) in [5.41, 5.74) is 5.89. The molecule has 0 radical (unpaired) electrons. The van der Waals surface area contributed by atoms with Gasteiger partial charge in [0, 0.05) is 62.2 Å². The summed E-state index contributed by atoms with van der Waals surface area (Å²) in [6.45, 7) is 9.52. The minimum Gasteiger partial charge on any atom is -0.493 e. The van der Waals surface area contributed by atoms with Crippen LogP contribution in [0.25, 0.3) is 0 Å². The first-order chi connectivity index (χ1) is 26.4. The van der Waals surface area contributed by atoms with Gasteiger partial charge in [-0.1, -0.05) is 41.4 Å². The van der Waals surface area contributed by atoms with Gasteiger partial charge in [0.2, 0.25) is 15.9 Å². The number of anilines is 2. The molecule has 0 spiro atoms. The van der Waals surface area contributed by atoms with Gasteiger partial charge in [0.25, 0.3) is 0 Å². The Morgan fingerprint density at radius 2 is 1.51 bits per heavy atom. The predicted molar refractivity (Wildman–Crippen MR) is 220 cm³/mol. The van der Waals surface area contributed by atoms with E-state index < -0.39 is 10.0 Å². The fraction of sp³-hybridized carbons (Fsp3) is 0.432. The summed E-state index contributed by atoms with van der Waals surface area (Å²) in [7, 11) is 0.314. The van der Waals surface area contributed by atoms with Crippen molar-refractivity contribution >= 4 is 38.9 Å². The molecule has 1 atom stereocenters. The van der Waals surface area contributed by atoms with Gasteiger partial charge in [-0.05, 0) is 130 Å². The number of amides is 1. The molecule has 7 rings (SSSR count). The first kappa shape index (κ1) is 39.2. The molecule has 11 heteroatoms. The Balaban J connectivity index is 0.992. The van der Waals surface area contributed by atoms with E-state index in [0.29, 0.717) is 46.5 Å². The zero-order chi connectivity index (χ0) is 38.9. The number of nitrogens with zero attached hydrogens (tertiary/aromatic N) is 4. The number of ether oxygens (including phenoxy) is 2. The summed E-state index contributed by atoms with van der Waals surface area (Å²) in [5.74, 6) is 1.87. The average molecular weight is 785 g/mol. The van der Waals surface area contributed by atoms with Gasteiger partial charge in [0.1, 0.15) is 0 Å². The van der Waals surface area contributed by atoms with Gasteiger partial charge in [0.15, 0.2) is 11.5 Å². The number of benzene rings is 4. The third-order valence-electron chi connectivity index (χ3n) is 11.5. The molecule has 3 aliphatic rings. The third kappa shape index (κ3) is 8.53.